The smallest absolute Gasteiger partial charge is 0.229 e. The van der Waals surface area contributed by atoms with Crippen LogP contribution in [0.25, 0.3) is 0 Å². The molecule has 1 amide bonds. The number of benzene rings is 2. The molecule has 10 heteroatoms. The van der Waals surface area contributed by atoms with Crippen LogP contribution in [-0.2, 0) is 11.3 Å². The Labute approximate surface area is 243 Å². The summed E-state index contributed by atoms with van der Waals surface area (Å²) in [6.45, 7) is 10.9. The number of nitrogens with one attached hydrogen (secondary N) is 3. The van der Waals surface area contributed by atoms with Crippen LogP contribution < -0.4 is 20.7 Å². The first kappa shape index (κ1) is 28.8. The van der Waals surface area contributed by atoms with E-state index in [1.54, 1.807) is 6.20 Å². The monoisotopic (exact) mass is 558 g/mol. The Morgan fingerprint density at radius 3 is 2.68 bits per heavy atom. The zero-order valence-corrected chi connectivity index (χ0v) is 24.2. The number of fused-ring (bicyclic) bond motifs is 5. The predicted molar refractivity (Wildman–Crippen MR) is 163 cm³/mol. The third-order valence-electron chi connectivity index (χ3n) is 7.53. The fourth-order valence-electron chi connectivity index (χ4n) is 5.08. The number of hydrogen-bond acceptors (Lipinski definition) is 9. The molecule has 0 radical (unpaired) electrons. The number of amides is 1. The van der Waals surface area contributed by atoms with Crippen molar-refractivity contribution in [2.24, 2.45) is 0 Å². The predicted octanol–water partition coefficient (Wildman–Crippen LogP) is 3.61. The Morgan fingerprint density at radius 1 is 0.951 bits per heavy atom. The van der Waals surface area contributed by atoms with Crippen LogP contribution in [0, 0.1) is 6.92 Å². The molecule has 0 unspecified atom stereocenters. The minimum atomic E-state index is 0.0766. The number of likely N-dealkylation sites (N-methyl/N-ethyl adjacent to an activating group) is 1. The van der Waals surface area contributed by atoms with Crippen LogP contribution >= 0.6 is 0 Å². The maximum absolute atomic E-state index is 12.7. The standard InChI is InChI=1S/C31H42N8O2/c1-24-7-8-28-27(21-24)35-31-33-12-9-29(36-31)34-26-6-3-5-25(22-26)23-39(13-10-30(40)32-11-4-20-41-28)19-18-38-16-14-37(2)15-17-38/h3,5-9,12,21-22H,4,10-11,13-20,23H2,1-2H3,(H,32,40)(H2,33,34,35,36). The van der Waals surface area contributed by atoms with Crippen LogP contribution in [0.4, 0.5) is 23.1 Å². The van der Waals surface area contributed by atoms with E-state index in [0.29, 0.717) is 37.9 Å². The van der Waals surface area contributed by atoms with Crippen molar-refractivity contribution in [2.75, 3.05) is 76.6 Å². The van der Waals surface area contributed by atoms with Crippen LogP contribution in [0.2, 0.25) is 0 Å². The van der Waals surface area contributed by atoms with Gasteiger partial charge >= 0.3 is 0 Å². The third-order valence-corrected chi connectivity index (χ3v) is 7.53. The normalized spacial score (nSPS) is 18.2. The molecule has 2 aromatic carbocycles. The molecule has 5 rings (SSSR count). The summed E-state index contributed by atoms with van der Waals surface area (Å²) in [4.78, 5) is 29.1. The Hall–Kier alpha value is -3.73. The number of anilines is 4. The molecular formula is C31H42N8O2. The molecule has 0 saturated carbocycles. The van der Waals surface area contributed by atoms with Crippen LogP contribution in [0.5, 0.6) is 5.75 Å². The van der Waals surface area contributed by atoms with Gasteiger partial charge in [0.25, 0.3) is 0 Å². The SMILES string of the molecule is Cc1ccc2c(c1)Nc1nccc(n1)Nc1cccc(c1)CN(CCN1CCN(C)CC1)CCC(=O)NCCCO2. The van der Waals surface area contributed by atoms with Crippen molar-refractivity contribution >= 4 is 29.0 Å². The van der Waals surface area contributed by atoms with E-state index in [1.807, 2.05) is 37.3 Å². The number of aromatic nitrogens is 2. The molecule has 41 heavy (non-hydrogen) atoms. The van der Waals surface area contributed by atoms with Crippen molar-refractivity contribution in [1.29, 1.82) is 0 Å². The maximum atomic E-state index is 12.7. The lowest BCUT2D eigenvalue weighted by Crippen LogP contribution is -2.47. The molecular weight excluding hydrogens is 516 g/mol. The van der Waals surface area contributed by atoms with Gasteiger partial charge in [0.05, 0.1) is 12.3 Å². The lowest BCUT2D eigenvalue weighted by Gasteiger charge is -2.34. The van der Waals surface area contributed by atoms with Crippen LogP contribution in [0.15, 0.2) is 54.7 Å². The zero-order valence-electron chi connectivity index (χ0n) is 24.2. The highest BCUT2D eigenvalue weighted by atomic mass is 16.5. The van der Waals surface area contributed by atoms with Crippen LogP contribution in [0.3, 0.4) is 0 Å². The summed E-state index contributed by atoms with van der Waals surface area (Å²) in [5, 5.41) is 9.82. The van der Waals surface area contributed by atoms with Gasteiger partial charge in [0.2, 0.25) is 11.9 Å². The number of ether oxygens (including phenoxy) is 1. The summed E-state index contributed by atoms with van der Waals surface area (Å²) < 4.78 is 6.07. The molecule has 10 nitrogen and oxygen atoms in total. The highest BCUT2D eigenvalue weighted by molar-refractivity contribution is 5.76. The quantitative estimate of drug-likeness (QED) is 0.445. The minimum absolute atomic E-state index is 0.0766. The summed E-state index contributed by atoms with van der Waals surface area (Å²) in [6, 6.07) is 16.2. The number of aryl methyl sites for hydroxylation is 1. The number of rotatable bonds is 3. The van der Waals surface area contributed by atoms with Gasteiger partial charge in [-0.3, -0.25) is 14.6 Å². The second-order valence-corrected chi connectivity index (χ2v) is 10.9. The summed E-state index contributed by atoms with van der Waals surface area (Å²) in [5.74, 6) is 1.99. The number of nitrogens with zero attached hydrogens (tertiary/aromatic N) is 5. The van der Waals surface area contributed by atoms with E-state index >= 15 is 0 Å². The fraction of sp³-hybridized carbons (Fsp3) is 0.452. The van der Waals surface area contributed by atoms with E-state index in [9.17, 15) is 4.79 Å². The van der Waals surface area contributed by atoms with Gasteiger partial charge in [-0.15, -0.1) is 0 Å². The molecule has 4 bridgehead atoms. The van der Waals surface area contributed by atoms with E-state index in [0.717, 1.165) is 74.9 Å². The van der Waals surface area contributed by atoms with E-state index in [1.165, 1.54) is 5.56 Å². The van der Waals surface area contributed by atoms with Gasteiger partial charge in [-0.1, -0.05) is 18.2 Å². The molecule has 0 aliphatic carbocycles. The number of hydrogen-bond donors (Lipinski definition) is 3. The van der Waals surface area contributed by atoms with Gasteiger partial charge < -0.3 is 25.6 Å². The minimum Gasteiger partial charge on any atom is -0.491 e. The average molecular weight is 559 g/mol. The molecule has 2 aliphatic rings. The topological polar surface area (TPSA) is 97.9 Å². The van der Waals surface area contributed by atoms with Crippen LogP contribution in [0.1, 0.15) is 24.0 Å². The molecule has 1 saturated heterocycles. The van der Waals surface area contributed by atoms with Gasteiger partial charge in [-0.2, -0.15) is 4.98 Å². The molecule has 218 valence electrons. The molecule has 3 heterocycles. The van der Waals surface area contributed by atoms with Crippen molar-refractivity contribution in [3.63, 3.8) is 0 Å². The first-order chi connectivity index (χ1) is 20.0. The second kappa shape index (κ2) is 14.2. The Morgan fingerprint density at radius 2 is 1.80 bits per heavy atom. The number of piperazine rings is 1. The lowest BCUT2D eigenvalue weighted by molar-refractivity contribution is -0.121. The van der Waals surface area contributed by atoms with Crippen LogP contribution in [-0.4, -0.2) is 96.6 Å². The molecule has 1 aromatic heterocycles. The van der Waals surface area contributed by atoms with Gasteiger partial charge in [0, 0.05) is 77.2 Å². The van der Waals surface area contributed by atoms with Gasteiger partial charge in [0.15, 0.2) is 0 Å². The average Bonchev–Trinajstić information content (AvgIpc) is 2.96. The van der Waals surface area contributed by atoms with E-state index in [2.05, 4.69) is 60.9 Å². The first-order valence-electron chi connectivity index (χ1n) is 14.6. The number of carbonyl (C=O) groups is 1. The van der Waals surface area contributed by atoms with Crippen molar-refractivity contribution in [3.8, 4) is 5.75 Å². The first-order valence-corrected chi connectivity index (χ1v) is 14.6. The van der Waals surface area contributed by atoms with Gasteiger partial charge in [-0.05, 0) is 61.9 Å². The largest absolute Gasteiger partial charge is 0.491 e. The summed E-state index contributed by atoms with van der Waals surface area (Å²) in [5.41, 5.74) is 4.06. The van der Waals surface area contributed by atoms with Crippen molar-refractivity contribution in [1.82, 2.24) is 30.0 Å². The number of carbonyl (C=O) groups excluding carboxylic acids is 1. The Bertz CT molecular complexity index is 1290. The Balaban J connectivity index is 1.33. The molecule has 2 aliphatic heterocycles. The van der Waals surface area contributed by atoms with Crippen molar-refractivity contribution < 1.29 is 9.53 Å². The highest BCUT2D eigenvalue weighted by Crippen LogP contribution is 2.28. The fourth-order valence-corrected chi connectivity index (χ4v) is 5.08. The van der Waals surface area contributed by atoms with E-state index in [4.69, 9.17) is 9.72 Å². The third kappa shape index (κ3) is 8.88. The molecule has 3 aromatic rings. The van der Waals surface area contributed by atoms with Crippen molar-refractivity contribution in [2.45, 2.75) is 26.3 Å². The van der Waals surface area contributed by atoms with E-state index < -0.39 is 0 Å². The maximum Gasteiger partial charge on any atom is 0.229 e. The second-order valence-electron chi connectivity index (χ2n) is 10.9. The van der Waals surface area contributed by atoms with Crippen molar-refractivity contribution in [3.05, 3.63) is 65.9 Å². The molecule has 0 spiro atoms. The molecule has 3 N–H and O–H groups in total. The van der Waals surface area contributed by atoms with Gasteiger partial charge in [-0.25, -0.2) is 4.98 Å². The lowest BCUT2D eigenvalue weighted by atomic mass is 10.1. The summed E-state index contributed by atoms with van der Waals surface area (Å²) in [6.07, 6.45) is 2.93. The zero-order chi connectivity index (χ0) is 28.4. The van der Waals surface area contributed by atoms with E-state index in [-0.39, 0.29) is 5.91 Å². The summed E-state index contributed by atoms with van der Waals surface area (Å²) >= 11 is 0. The van der Waals surface area contributed by atoms with Gasteiger partial charge in [0.1, 0.15) is 11.6 Å². The summed E-state index contributed by atoms with van der Waals surface area (Å²) in [7, 11) is 2.18. The molecule has 0 atom stereocenters. The molecule has 1 fully saturated rings. The highest BCUT2D eigenvalue weighted by Gasteiger charge is 2.16. The Kier molecular flexibility index (Phi) is 10.0.